The van der Waals surface area contributed by atoms with Gasteiger partial charge < -0.3 is 5.32 Å². The van der Waals surface area contributed by atoms with Gasteiger partial charge in [-0.3, -0.25) is 20.0 Å². The van der Waals surface area contributed by atoms with E-state index >= 15 is 0 Å². The molecule has 1 unspecified atom stereocenters. The van der Waals surface area contributed by atoms with Crippen LogP contribution in [0.1, 0.15) is 29.4 Å². The Morgan fingerprint density at radius 1 is 1.07 bits per heavy atom. The van der Waals surface area contributed by atoms with E-state index in [0.717, 1.165) is 16.0 Å². The van der Waals surface area contributed by atoms with Gasteiger partial charge in [-0.05, 0) is 36.8 Å². The number of pyridine rings is 1. The molecule has 4 rings (SSSR count). The van der Waals surface area contributed by atoms with Gasteiger partial charge in [0, 0.05) is 11.6 Å². The van der Waals surface area contributed by atoms with Crippen LogP contribution in [0.2, 0.25) is 0 Å². The first-order valence-corrected chi connectivity index (χ1v) is 9.33. The van der Waals surface area contributed by atoms with E-state index in [0.29, 0.717) is 18.2 Å². The molecule has 146 valence electrons. The highest BCUT2D eigenvalue weighted by Gasteiger charge is 2.48. The monoisotopic (exact) mass is 388 g/mol. The number of hydrogen-bond acceptors (Lipinski definition) is 4. The van der Waals surface area contributed by atoms with E-state index < -0.39 is 23.4 Å². The molecule has 4 amide bonds. The van der Waals surface area contributed by atoms with Crippen LogP contribution in [-0.4, -0.2) is 33.4 Å². The van der Waals surface area contributed by atoms with Crippen LogP contribution in [0.4, 0.5) is 4.79 Å². The Hall–Kier alpha value is -3.74. The standard InChI is InChI=1S/C22H20N4O3/c1-22(13-11-15-7-3-2-4-8-15)20(28)26(21(29)24-22)25-19(27)18-17-10-6-5-9-16(17)12-14-23-18/h2-10,12,14H,11,13H2,1H3,(H,24,29)(H,25,27). The lowest BCUT2D eigenvalue weighted by Crippen LogP contribution is -2.49. The highest BCUT2D eigenvalue weighted by molar-refractivity contribution is 6.11. The third-order valence-electron chi connectivity index (χ3n) is 5.12. The van der Waals surface area contributed by atoms with E-state index in [9.17, 15) is 14.4 Å². The molecule has 0 spiro atoms. The molecule has 29 heavy (non-hydrogen) atoms. The zero-order chi connectivity index (χ0) is 20.4. The van der Waals surface area contributed by atoms with Gasteiger partial charge in [0.25, 0.3) is 11.8 Å². The summed E-state index contributed by atoms with van der Waals surface area (Å²) < 4.78 is 0. The van der Waals surface area contributed by atoms with Crippen LogP contribution in [0, 0.1) is 0 Å². The van der Waals surface area contributed by atoms with Gasteiger partial charge in [0.2, 0.25) is 0 Å². The highest BCUT2D eigenvalue weighted by Crippen LogP contribution is 2.23. The Balaban J connectivity index is 1.51. The second-order valence-corrected chi connectivity index (χ2v) is 7.21. The van der Waals surface area contributed by atoms with Gasteiger partial charge in [-0.2, -0.15) is 5.01 Å². The van der Waals surface area contributed by atoms with E-state index in [-0.39, 0.29) is 5.69 Å². The number of aromatic nitrogens is 1. The maximum absolute atomic E-state index is 12.9. The molecule has 2 N–H and O–H groups in total. The van der Waals surface area contributed by atoms with E-state index in [1.165, 1.54) is 6.20 Å². The second-order valence-electron chi connectivity index (χ2n) is 7.21. The molecule has 2 aromatic carbocycles. The second kappa shape index (κ2) is 7.35. The molecule has 2 heterocycles. The maximum atomic E-state index is 12.9. The number of urea groups is 1. The summed E-state index contributed by atoms with van der Waals surface area (Å²) in [6.45, 7) is 1.67. The lowest BCUT2D eigenvalue weighted by Gasteiger charge is -2.21. The molecule has 0 saturated carbocycles. The number of fused-ring (bicyclic) bond motifs is 1. The minimum atomic E-state index is -1.09. The first-order valence-electron chi connectivity index (χ1n) is 9.33. The fourth-order valence-corrected chi connectivity index (χ4v) is 3.45. The van der Waals surface area contributed by atoms with Crippen LogP contribution in [0.25, 0.3) is 10.8 Å². The van der Waals surface area contributed by atoms with Gasteiger partial charge in [-0.1, -0.05) is 54.6 Å². The number of carbonyl (C=O) groups is 3. The van der Waals surface area contributed by atoms with Crippen LogP contribution >= 0.6 is 0 Å². The van der Waals surface area contributed by atoms with E-state index in [1.807, 2.05) is 42.5 Å². The van der Waals surface area contributed by atoms with E-state index in [2.05, 4.69) is 15.7 Å². The Labute approximate surface area is 167 Å². The van der Waals surface area contributed by atoms with Gasteiger partial charge in [-0.15, -0.1) is 0 Å². The summed E-state index contributed by atoms with van der Waals surface area (Å²) in [5.74, 6) is -1.11. The largest absolute Gasteiger partial charge is 0.344 e. The van der Waals surface area contributed by atoms with Crippen molar-refractivity contribution in [3.05, 3.63) is 78.1 Å². The van der Waals surface area contributed by atoms with E-state index in [1.54, 1.807) is 25.1 Å². The summed E-state index contributed by atoms with van der Waals surface area (Å²) in [4.78, 5) is 42.2. The number of rotatable bonds is 5. The molecule has 0 radical (unpaired) electrons. The fourth-order valence-electron chi connectivity index (χ4n) is 3.45. The number of hydrazine groups is 1. The molecule has 1 aliphatic rings. The molecule has 3 aromatic rings. The molecule has 1 fully saturated rings. The number of amides is 4. The van der Waals surface area contributed by atoms with Crippen LogP contribution in [0.5, 0.6) is 0 Å². The molecular formula is C22H20N4O3. The molecule has 0 bridgehead atoms. The minimum Gasteiger partial charge on any atom is -0.322 e. The van der Waals surface area contributed by atoms with Gasteiger partial charge >= 0.3 is 6.03 Å². The van der Waals surface area contributed by atoms with Gasteiger partial charge in [-0.25, -0.2) is 4.79 Å². The van der Waals surface area contributed by atoms with E-state index in [4.69, 9.17) is 0 Å². The predicted molar refractivity (Wildman–Crippen MR) is 108 cm³/mol. The lowest BCUT2D eigenvalue weighted by molar-refractivity contribution is -0.132. The van der Waals surface area contributed by atoms with Crippen LogP contribution in [0.15, 0.2) is 66.9 Å². The SMILES string of the molecule is CC1(CCc2ccccc2)NC(=O)N(NC(=O)c2nccc3ccccc23)C1=O. The molecule has 7 heteroatoms. The summed E-state index contributed by atoms with van der Waals surface area (Å²) in [7, 11) is 0. The fraction of sp³-hybridized carbons (Fsp3) is 0.182. The summed E-state index contributed by atoms with van der Waals surface area (Å²) in [6.07, 6.45) is 2.56. The Kier molecular flexibility index (Phi) is 4.72. The number of nitrogens with one attached hydrogen (secondary N) is 2. The molecule has 0 aliphatic carbocycles. The van der Waals surface area contributed by atoms with Gasteiger partial charge in [0.1, 0.15) is 11.2 Å². The van der Waals surface area contributed by atoms with Gasteiger partial charge in [0.05, 0.1) is 0 Å². The van der Waals surface area contributed by atoms with Crippen molar-refractivity contribution in [1.82, 2.24) is 20.7 Å². The topological polar surface area (TPSA) is 91.4 Å². The van der Waals surface area contributed by atoms with Crippen molar-refractivity contribution in [1.29, 1.82) is 0 Å². The van der Waals surface area contributed by atoms with Crippen molar-refractivity contribution in [3.8, 4) is 0 Å². The normalized spacial score (nSPS) is 18.7. The summed E-state index contributed by atoms with van der Waals surface area (Å²) >= 11 is 0. The van der Waals surface area contributed by atoms with Crippen LogP contribution in [0.3, 0.4) is 0 Å². The van der Waals surface area contributed by atoms with Crippen molar-refractivity contribution in [2.24, 2.45) is 0 Å². The molecule has 1 saturated heterocycles. The van der Waals surface area contributed by atoms with Crippen molar-refractivity contribution >= 4 is 28.6 Å². The number of benzene rings is 2. The Morgan fingerprint density at radius 2 is 1.79 bits per heavy atom. The molecule has 7 nitrogen and oxygen atoms in total. The maximum Gasteiger partial charge on any atom is 0.344 e. The quantitative estimate of drug-likeness (QED) is 0.658. The van der Waals surface area contributed by atoms with Crippen molar-refractivity contribution in [2.75, 3.05) is 0 Å². The molecule has 1 atom stereocenters. The zero-order valence-electron chi connectivity index (χ0n) is 15.9. The van der Waals surface area contributed by atoms with Crippen LogP contribution in [-0.2, 0) is 11.2 Å². The highest BCUT2D eigenvalue weighted by atomic mass is 16.2. The predicted octanol–water partition coefficient (Wildman–Crippen LogP) is 2.82. The van der Waals surface area contributed by atoms with Crippen molar-refractivity contribution in [2.45, 2.75) is 25.3 Å². The number of aryl methyl sites for hydroxylation is 1. The summed E-state index contributed by atoms with van der Waals surface area (Å²) in [6, 6.07) is 18.1. The molecule has 1 aromatic heterocycles. The Bertz CT molecular complexity index is 1090. The zero-order valence-corrected chi connectivity index (χ0v) is 15.9. The van der Waals surface area contributed by atoms with Gasteiger partial charge in [0.15, 0.2) is 0 Å². The summed E-state index contributed by atoms with van der Waals surface area (Å²) in [5, 5.41) is 4.93. The van der Waals surface area contributed by atoms with Crippen molar-refractivity contribution < 1.29 is 14.4 Å². The molecular weight excluding hydrogens is 368 g/mol. The number of hydrogen-bond donors (Lipinski definition) is 2. The third-order valence-corrected chi connectivity index (χ3v) is 5.12. The summed E-state index contributed by atoms with van der Waals surface area (Å²) in [5.41, 5.74) is 2.54. The average Bonchev–Trinajstić information content (AvgIpc) is 2.96. The number of carbonyl (C=O) groups excluding carboxylic acids is 3. The first kappa shape index (κ1) is 18.6. The Morgan fingerprint density at radius 3 is 2.59 bits per heavy atom. The minimum absolute atomic E-state index is 0.154. The average molecular weight is 388 g/mol. The lowest BCUT2D eigenvalue weighted by atomic mass is 9.93. The smallest absolute Gasteiger partial charge is 0.322 e. The molecule has 1 aliphatic heterocycles. The number of nitrogens with zero attached hydrogens (tertiary/aromatic N) is 2. The number of imide groups is 1. The third kappa shape index (κ3) is 3.54. The van der Waals surface area contributed by atoms with Crippen molar-refractivity contribution in [3.63, 3.8) is 0 Å². The first-order chi connectivity index (χ1) is 14.0. The van der Waals surface area contributed by atoms with Crippen LogP contribution < -0.4 is 10.7 Å².